The molecule has 0 N–H and O–H groups in total. The molecule has 3 nitrogen and oxygen atoms in total. The van der Waals surface area contributed by atoms with Crippen LogP contribution < -0.4 is 0 Å². The lowest BCUT2D eigenvalue weighted by Gasteiger charge is -2.59. The van der Waals surface area contributed by atoms with Gasteiger partial charge in [0.25, 0.3) is 0 Å². The predicted octanol–water partition coefficient (Wildman–Crippen LogP) is 5.37. The number of hydrogen-bond donors (Lipinski definition) is 0. The van der Waals surface area contributed by atoms with E-state index in [2.05, 4.69) is 19.9 Å². The molecule has 0 saturated heterocycles. The van der Waals surface area contributed by atoms with E-state index in [0.717, 1.165) is 50.7 Å². The maximum Gasteiger partial charge on any atom is 0.188 e. The third-order valence-corrected chi connectivity index (χ3v) is 9.66. The van der Waals surface area contributed by atoms with Crippen molar-refractivity contribution in [2.24, 2.45) is 34.5 Å². The number of carbonyl (C=O) groups is 3. The first kappa shape index (κ1) is 20.4. The van der Waals surface area contributed by atoms with Crippen LogP contribution in [0, 0.1) is 34.5 Å². The summed E-state index contributed by atoms with van der Waals surface area (Å²) in [5, 5.41) is 0.302. The van der Waals surface area contributed by atoms with Gasteiger partial charge in [-0.25, -0.2) is 0 Å². The van der Waals surface area contributed by atoms with E-state index < -0.39 is 0 Å². The third kappa shape index (κ3) is 3.24. The van der Waals surface area contributed by atoms with Gasteiger partial charge in [-0.3, -0.25) is 14.4 Å². The molecule has 0 aromatic heterocycles. The van der Waals surface area contributed by atoms with E-state index in [0.29, 0.717) is 47.4 Å². The van der Waals surface area contributed by atoms with Crippen LogP contribution in [0.25, 0.3) is 0 Å². The number of thioether (sulfide) groups is 1. The Kier molecular flexibility index (Phi) is 5.63. The Morgan fingerprint density at radius 1 is 1.18 bits per heavy atom. The van der Waals surface area contributed by atoms with Gasteiger partial charge in [-0.2, -0.15) is 0 Å². The molecule has 154 valence electrons. The molecule has 4 aliphatic carbocycles. The minimum absolute atomic E-state index is 0.0588. The normalized spacial score (nSPS) is 42.1. The summed E-state index contributed by atoms with van der Waals surface area (Å²) in [4.78, 5) is 36.9. The van der Waals surface area contributed by atoms with Crippen molar-refractivity contribution in [2.75, 3.05) is 5.75 Å². The van der Waals surface area contributed by atoms with Crippen LogP contribution in [0.2, 0.25) is 0 Å². The Morgan fingerprint density at radius 2 is 2.00 bits per heavy atom. The van der Waals surface area contributed by atoms with Crippen molar-refractivity contribution in [1.29, 1.82) is 0 Å². The third-order valence-electron chi connectivity index (χ3n) is 8.72. The highest BCUT2D eigenvalue weighted by Gasteiger charge is 2.60. The molecule has 0 bridgehead atoms. The fourth-order valence-corrected chi connectivity index (χ4v) is 8.33. The molecule has 3 fully saturated rings. The van der Waals surface area contributed by atoms with Crippen LogP contribution in [0.1, 0.15) is 78.1 Å². The molecular formula is C24H34O3S. The second-order valence-electron chi connectivity index (χ2n) is 9.91. The summed E-state index contributed by atoms with van der Waals surface area (Å²) in [6.07, 6.45) is 13.5. The van der Waals surface area contributed by atoms with Crippen molar-refractivity contribution < 1.29 is 14.4 Å². The van der Waals surface area contributed by atoms with Gasteiger partial charge in [-0.15, -0.1) is 0 Å². The van der Waals surface area contributed by atoms with Crippen LogP contribution >= 0.6 is 11.8 Å². The van der Waals surface area contributed by atoms with Crippen LogP contribution in [-0.2, 0) is 14.4 Å². The number of hydrogen-bond acceptors (Lipinski definition) is 4. The van der Waals surface area contributed by atoms with Crippen molar-refractivity contribution in [2.45, 2.75) is 78.1 Å². The molecule has 0 aromatic carbocycles. The van der Waals surface area contributed by atoms with E-state index in [1.807, 2.05) is 6.08 Å². The minimum atomic E-state index is -0.102. The lowest BCUT2D eigenvalue weighted by Crippen LogP contribution is -2.53. The van der Waals surface area contributed by atoms with E-state index in [1.165, 1.54) is 18.2 Å². The summed E-state index contributed by atoms with van der Waals surface area (Å²) in [7, 11) is 0. The first-order valence-electron chi connectivity index (χ1n) is 11.3. The topological polar surface area (TPSA) is 51.2 Å². The zero-order chi connectivity index (χ0) is 19.9. The van der Waals surface area contributed by atoms with Crippen LogP contribution in [0.15, 0.2) is 12.2 Å². The highest BCUT2D eigenvalue weighted by molar-refractivity contribution is 8.13. The lowest BCUT2D eigenvalue weighted by molar-refractivity contribution is -0.136. The molecular weight excluding hydrogens is 368 g/mol. The minimum Gasteiger partial charge on any atom is -0.299 e. The second kappa shape index (κ2) is 7.74. The van der Waals surface area contributed by atoms with E-state index in [-0.39, 0.29) is 16.6 Å². The SMILES string of the molecule is CCCC(=O)SCC[C@]12C=CC(=O)CC1CC[C@@H]1[C@H]2CC[C@]2(C)C(=O)CC[C@@H]12. The van der Waals surface area contributed by atoms with Gasteiger partial charge in [0.15, 0.2) is 10.9 Å². The zero-order valence-electron chi connectivity index (χ0n) is 17.4. The summed E-state index contributed by atoms with van der Waals surface area (Å²) < 4.78 is 0. The molecule has 4 rings (SSSR count). The molecule has 28 heavy (non-hydrogen) atoms. The van der Waals surface area contributed by atoms with Gasteiger partial charge >= 0.3 is 0 Å². The van der Waals surface area contributed by atoms with Gasteiger partial charge in [-0.1, -0.05) is 31.7 Å². The van der Waals surface area contributed by atoms with Crippen LogP contribution in [0.5, 0.6) is 0 Å². The molecule has 0 amide bonds. The van der Waals surface area contributed by atoms with Crippen molar-refractivity contribution in [1.82, 2.24) is 0 Å². The Morgan fingerprint density at radius 3 is 2.79 bits per heavy atom. The summed E-state index contributed by atoms with van der Waals surface area (Å²) >= 11 is 1.49. The van der Waals surface area contributed by atoms with Crippen LogP contribution in [-0.4, -0.2) is 22.4 Å². The van der Waals surface area contributed by atoms with Crippen LogP contribution in [0.3, 0.4) is 0 Å². The first-order chi connectivity index (χ1) is 13.4. The predicted molar refractivity (Wildman–Crippen MR) is 113 cm³/mol. The Bertz CT molecular complexity index is 698. The number of rotatable bonds is 5. The van der Waals surface area contributed by atoms with Gasteiger partial charge in [0.1, 0.15) is 5.78 Å². The summed E-state index contributed by atoms with van der Waals surface area (Å²) in [6, 6.07) is 0. The Hall–Kier alpha value is -0.900. The summed E-state index contributed by atoms with van der Waals surface area (Å²) in [5.74, 6) is 3.74. The number of Topliss-reactive ketones (excluding diaryl/α,β-unsaturated/α-hetero) is 1. The molecule has 6 atom stereocenters. The van der Waals surface area contributed by atoms with Crippen molar-refractivity contribution >= 4 is 28.4 Å². The average molecular weight is 403 g/mol. The summed E-state index contributed by atoms with van der Waals surface area (Å²) in [5.41, 5.74) is -0.0431. The van der Waals surface area contributed by atoms with Gasteiger partial charge in [-0.05, 0) is 80.1 Å². The van der Waals surface area contributed by atoms with Crippen LogP contribution in [0.4, 0.5) is 0 Å². The standard InChI is InChI=1S/C24H34O3S/c1-3-4-22(27)28-14-13-24-12-9-17(25)15-16(24)5-6-18-19-7-8-21(26)23(19,2)11-10-20(18)24/h9,12,16,18-20H,3-8,10-11,13-15H2,1-2H3/t16?,18-,19-,20+,23-,24+/m0/s1. The van der Waals surface area contributed by atoms with Crippen molar-refractivity contribution in [3.8, 4) is 0 Å². The largest absolute Gasteiger partial charge is 0.299 e. The van der Waals surface area contributed by atoms with Gasteiger partial charge in [0.05, 0.1) is 0 Å². The molecule has 1 unspecified atom stereocenters. The maximum absolute atomic E-state index is 12.6. The second-order valence-corrected chi connectivity index (χ2v) is 11.1. The zero-order valence-corrected chi connectivity index (χ0v) is 18.2. The van der Waals surface area contributed by atoms with E-state index in [1.54, 1.807) is 0 Å². The molecule has 0 aliphatic heterocycles. The number of fused-ring (bicyclic) bond motifs is 5. The van der Waals surface area contributed by atoms with Crippen molar-refractivity contribution in [3.05, 3.63) is 12.2 Å². The van der Waals surface area contributed by atoms with Gasteiger partial charge < -0.3 is 0 Å². The highest BCUT2D eigenvalue weighted by atomic mass is 32.2. The number of allylic oxidation sites excluding steroid dienone is 2. The monoisotopic (exact) mass is 402 g/mol. The molecule has 0 radical (unpaired) electrons. The molecule has 4 aliphatic rings. The molecule has 0 heterocycles. The van der Waals surface area contributed by atoms with E-state index in [4.69, 9.17) is 0 Å². The Labute approximate surface area is 173 Å². The fraction of sp³-hybridized carbons (Fsp3) is 0.792. The van der Waals surface area contributed by atoms with Crippen molar-refractivity contribution in [3.63, 3.8) is 0 Å². The smallest absolute Gasteiger partial charge is 0.188 e. The van der Waals surface area contributed by atoms with Gasteiger partial charge in [0.2, 0.25) is 0 Å². The molecule has 0 aromatic rings. The van der Waals surface area contributed by atoms with E-state index >= 15 is 0 Å². The molecule has 4 heteroatoms. The van der Waals surface area contributed by atoms with Gasteiger partial charge in [0, 0.05) is 30.4 Å². The maximum atomic E-state index is 12.6. The molecule has 3 saturated carbocycles. The lowest BCUT2D eigenvalue weighted by atomic mass is 9.45. The summed E-state index contributed by atoms with van der Waals surface area (Å²) in [6.45, 7) is 4.28. The quantitative estimate of drug-likeness (QED) is 0.620. The Balaban J connectivity index is 1.59. The fourth-order valence-electron chi connectivity index (χ4n) is 7.30. The first-order valence-corrected chi connectivity index (χ1v) is 12.3. The highest BCUT2D eigenvalue weighted by Crippen LogP contribution is 2.65. The average Bonchev–Trinajstić information content (AvgIpc) is 2.97. The number of ketones is 2. The van der Waals surface area contributed by atoms with E-state index in [9.17, 15) is 14.4 Å². The molecule has 0 spiro atoms. The number of carbonyl (C=O) groups excluding carboxylic acids is 3.